The Morgan fingerprint density at radius 3 is 2.28 bits per heavy atom. The van der Waals surface area contributed by atoms with Gasteiger partial charge in [0.05, 0.1) is 5.56 Å². The third kappa shape index (κ3) is 2.37. The first-order valence-corrected chi connectivity index (χ1v) is 8.64. The van der Waals surface area contributed by atoms with Gasteiger partial charge in [-0.05, 0) is 24.3 Å². The van der Waals surface area contributed by atoms with Crippen molar-refractivity contribution in [2.24, 2.45) is 0 Å². The van der Waals surface area contributed by atoms with Crippen LogP contribution >= 0.6 is 11.3 Å². The van der Waals surface area contributed by atoms with Crippen LogP contribution in [0.5, 0.6) is 0 Å². The quantitative estimate of drug-likeness (QED) is 0.406. The summed E-state index contributed by atoms with van der Waals surface area (Å²) in [5.74, 6) is 0.689. The average Bonchev–Trinajstić information content (AvgIpc) is 3.28. The van der Waals surface area contributed by atoms with Crippen LogP contribution in [0.25, 0.3) is 44.0 Å². The van der Waals surface area contributed by atoms with Crippen LogP contribution in [-0.4, -0.2) is 4.98 Å². The lowest BCUT2D eigenvalue weighted by Gasteiger charge is -1.98. The minimum absolute atomic E-state index is 0.385. The summed E-state index contributed by atoms with van der Waals surface area (Å²) >= 11 is 1.40. The van der Waals surface area contributed by atoms with E-state index in [0.29, 0.717) is 27.6 Å². The van der Waals surface area contributed by atoms with Gasteiger partial charge in [-0.3, -0.25) is 0 Å². The van der Waals surface area contributed by atoms with Crippen molar-refractivity contribution in [1.29, 1.82) is 0 Å². The topological polar surface area (TPSA) is 56.2 Å². The first kappa shape index (κ1) is 14.2. The van der Waals surface area contributed by atoms with Crippen molar-refractivity contribution < 1.29 is 8.83 Å². The Balaban J connectivity index is 1.62. The van der Waals surface area contributed by atoms with Gasteiger partial charge in [-0.2, -0.15) is 0 Å². The van der Waals surface area contributed by atoms with Crippen molar-refractivity contribution in [3.05, 3.63) is 76.5 Å². The van der Waals surface area contributed by atoms with E-state index in [0.717, 1.165) is 16.4 Å². The van der Waals surface area contributed by atoms with Gasteiger partial charge in [0.25, 0.3) is 0 Å². The second kappa shape index (κ2) is 5.43. The molecule has 25 heavy (non-hydrogen) atoms. The summed E-state index contributed by atoms with van der Waals surface area (Å²) in [5.41, 5.74) is 2.18. The maximum absolute atomic E-state index is 12.3. The molecule has 120 valence electrons. The van der Waals surface area contributed by atoms with Crippen molar-refractivity contribution in [2.75, 3.05) is 0 Å². The molecule has 0 spiro atoms. The van der Waals surface area contributed by atoms with E-state index in [2.05, 4.69) is 4.98 Å². The Bertz CT molecular complexity index is 1250. The highest BCUT2D eigenvalue weighted by Gasteiger charge is 2.14. The van der Waals surface area contributed by atoms with Crippen LogP contribution in [0.2, 0.25) is 0 Å². The Morgan fingerprint density at radius 2 is 1.52 bits per heavy atom. The first-order chi connectivity index (χ1) is 12.3. The summed E-state index contributed by atoms with van der Waals surface area (Å²) in [6.07, 6.45) is 0. The molecule has 0 N–H and O–H groups in total. The van der Waals surface area contributed by atoms with Crippen molar-refractivity contribution >= 4 is 33.3 Å². The standard InChI is InChI=1S/C20H11NO3S/c22-20-14(9-12-5-1-4-8-17(12)24-20)19-21-15(11-25-19)18-10-13-6-2-3-7-16(13)23-18/h1-11H. The smallest absolute Gasteiger partial charge is 0.346 e. The van der Waals surface area contributed by atoms with Gasteiger partial charge in [0.2, 0.25) is 0 Å². The van der Waals surface area contributed by atoms with Gasteiger partial charge in [-0.15, -0.1) is 11.3 Å². The van der Waals surface area contributed by atoms with Gasteiger partial charge in [0.15, 0.2) is 5.76 Å². The zero-order chi connectivity index (χ0) is 16.8. The lowest BCUT2D eigenvalue weighted by atomic mass is 10.2. The second-order valence-electron chi connectivity index (χ2n) is 5.67. The molecule has 0 saturated heterocycles. The summed E-state index contributed by atoms with van der Waals surface area (Å²) in [7, 11) is 0. The number of furan rings is 1. The number of benzene rings is 2. The number of para-hydroxylation sites is 2. The van der Waals surface area contributed by atoms with E-state index >= 15 is 0 Å². The van der Waals surface area contributed by atoms with Gasteiger partial charge < -0.3 is 8.83 Å². The minimum atomic E-state index is -0.385. The molecule has 0 unspecified atom stereocenters. The molecule has 0 fully saturated rings. The highest BCUT2D eigenvalue weighted by atomic mass is 32.1. The number of hydrogen-bond acceptors (Lipinski definition) is 5. The molecular weight excluding hydrogens is 334 g/mol. The zero-order valence-corrected chi connectivity index (χ0v) is 13.7. The summed E-state index contributed by atoms with van der Waals surface area (Å²) in [5, 5.41) is 4.41. The number of aromatic nitrogens is 1. The maximum Gasteiger partial charge on any atom is 0.346 e. The van der Waals surface area contributed by atoms with Crippen molar-refractivity contribution in [3.8, 4) is 22.0 Å². The molecule has 4 nitrogen and oxygen atoms in total. The molecule has 0 aliphatic heterocycles. The average molecular weight is 345 g/mol. The fourth-order valence-electron chi connectivity index (χ4n) is 2.83. The lowest BCUT2D eigenvalue weighted by Crippen LogP contribution is -2.02. The molecule has 5 aromatic rings. The van der Waals surface area contributed by atoms with Crippen LogP contribution in [0, 0.1) is 0 Å². The van der Waals surface area contributed by atoms with Crippen LogP contribution < -0.4 is 5.63 Å². The van der Waals surface area contributed by atoms with E-state index in [1.54, 1.807) is 6.07 Å². The molecular formula is C20H11NO3S. The Labute approximate surface area is 146 Å². The Hall–Kier alpha value is -3.18. The van der Waals surface area contributed by atoms with E-state index in [9.17, 15) is 4.79 Å². The summed E-state index contributed by atoms with van der Waals surface area (Å²) in [4.78, 5) is 16.9. The molecule has 3 aromatic heterocycles. The van der Waals surface area contributed by atoms with Crippen LogP contribution in [0.3, 0.4) is 0 Å². The third-order valence-corrected chi connectivity index (χ3v) is 4.93. The van der Waals surface area contributed by atoms with Crippen molar-refractivity contribution in [1.82, 2.24) is 4.98 Å². The largest absolute Gasteiger partial charge is 0.454 e. The van der Waals surface area contributed by atoms with E-state index < -0.39 is 0 Å². The molecule has 5 heteroatoms. The van der Waals surface area contributed by atoms with Crippen molar-refractivity contribution in [2.45, 2.75) is 0 Å². The predicted octanol–water partition coefficient (Wildman–Crippen LogP) is 5.33. The molecule has 0 aliphatic rings. The highest BCUT2D eigenvalue weighted by molar-refractivity contribution is 7.13. The van der Waals surface area contributed by atoms with E-state index in [4.69, 9.17) is 8.83 Å². The Morgan fingerprint density at radius 1 is 0.840 bits per heavy atom. The van der Waals surface area contributed by atoms with E-state index in [1.807, 2.05) is 60.0 Å². The van der Waals surface area contributed by atoms with Gasteiger partial charge in [-0.25, -0.2) is 9.78 Å². The van der Waals surface area contributed by atoms with Crippen LogP contribution in [-0.2, 0) is 0 Å². The van der Waals surface area contributed by atoms with E-state index in [-0.39, 0.29) is 5.63 Å². The van der Waals surface area contributed by atoms with Gasteiger partial charge in [0.1, 0.15) is 21.9 Å². The number of hydrogen-bond donors (Lipinski definition) is 0. The molecule has 0 radical (unpaired) electrons. The summed E-state index contributed by atoms with van der Waals surface area (Å²) < 4.78 is 11.2. The predicted molar refractivity (Wildman–Crippen MR) is 98.8 cm³/mol. The summed E-state index contributed by atoms with van der Waals surface area (Å²) in [6.45, 7) is 0. The highest BCUT2D eigenvalue weighted by Crippen LogP contribution is 2.32. The fraction of sp³-hybridized carbons (Fsp3) is 0. The van der Waals surface area contributed by atoms with Gasteiger partial charge in [0, 0.05) is 16.2 Å². The first-order valence-electron chi connectivity index (χ1n) is 7.76. The molecule has 0 amide bonds. The van der Waals surface area contributed by atoms with Gasteiger partial charge in [-0.1, -0.05) is 36.4 Å². The lowest BCUT2D eigenvalue weighted by molar-refractivity contribution is 0.563. The fourth-order valence-corrected chi connectivity index (χ4v) is 3.64. The Kier molecular flexibility index (Phi) is 3.08. The molecule has 0 atom stereocenters. The van der Waals surface area contributed by atoms with Gasteiger partial charge >= 0.3 is 5.63 Å². The number of rotatable bonds is 2. The van der Waals surface area contributed by atoms with Crippen molar-refractivity contribution in [3.63, 3.8) is 0 Å². The molecule has 5 rings (SSSR count). The number of nitrogens with zero attached hydrogens (tertiary/aromatic N) is 1. The molecule has 0 bridgehead atoms. The minimum Gasteiger partial charge on any atom is -0.454 e. The molecule has 2 aromatic carbocycles. The van der Waals surface area contributed by atoms with Crippen LogP contribution in [0.4, 0.5) is 0 Å². The number of fused-ring (bicyclic) bond motifs is 2. The zero-order valence-electron chi connectivity index (χ0n) is 12.9. The number of thiazole rings is 1. The van der Waals surface area contributed by atoms with E-state index in [1.165, 1.54) is 11.3 Å². The molecule has 3 heterocycles. The van der Waals surface area contributed by atoms with Crippen LogP contribution in [0.15, 0.2) is 79.7 Å². The monoisotopic (exact) mass is 345 g/mol. The SMILES string of the molecule is O=c1oc2ccccc2cc1-c1nc(-c2cc3ccccc3o2)cs1. The summed E-state index contributed by atoms with van der Waals surface area (Å²) in [6, 6.07) is 19.0. The molecule has 0 aliphatic carbocycles. The second-order valence-corrected chi connectivity index (χ2v) is 6.53. The molecule has 0 saturated carbocycles. The van der Waals surface area contributed by atoms with Crippen LogP contribution in [0.1, 0.15) is 0 Å². The normalized spacial score (nSPS) is 11.4. The third-order valence-electron chi connectivity index (χ3n) is 4.05. The maximum atomic E-state index is 12.3.